The van der Waals surface area contributed by atoms with Gasteiger partial charge >= 0.3 is 0 Å². The van der Waals surface area contributed by atoms with E-state index in [1.165, 1.54) is 4.31 Å². The molecule has 1 amide bonds. The van der Waals surface area contributed by atoms with Crippen molar-refractivity contribution in [1.82, 2.24) is 0 Å². The highest BCUT2D eigenvalue weighted by molar-refractivity contribution is 7.92. The van der Waals surface area contributed by atoms with Crippen LogP contribution < -0.4 is 14.4 Å². The molecule has 6 nitrogen and oxygen atoms in total. The van der Waals surface area contributed by atoms with Gasteiger partial charge in [-0.25, -0.2) is 8.42 Å². The van der Waals surface area contributed by atoms with E-state index in [1.54, 1.807) is 12.1 Å². The molecule has 0 aliphatic carbocycles. The quantitative estimate of drug-likeness (QED) is 0.769. The van der Waals surface area contributed by atoms with E-state index in [-0.39, 0.29) is 18.3 Å². The van der Waals surface area contributed by atoms with Crippen molar-refractivity contribution < 1.29 is 17.9 Å². The van der Waals surface area contributed by atoms with Crippen molar-refractivity contribution in [2.75, 3.05) is 28.5 Å². The van der Waals surface area contributed by atoms with E-state index >= 15 is 0 Å². The molecule has 0 atom stereocenters. The molecule has 0 bridgehead atoms. The van der Waals surface area contributed by atoms with Crippen molar-refractivity contribution in [1.29, 1.82) is 0 Å². The van der Waals surface area contributed by atoms with Gasteiger partial charge in [-0.3, -0.25) is 9.10 Å². The summed E-state index contributed by atoms with van der Waals surface area (Å²) >= 11 is 0. The molecule has 1 heterocycles. The highest BCUT2D eigenvalue weighted by Gasteiger charge is 2.26. The van der Waals surface area contributed by atoms with Crippen LogP contribution in [-0.4, -0.2) is 33.2 Å². The lowest BCUT2D eigenvalue weighted by Crippen LogP contribution is -2.37. The van der Waals surface area contributed by atoms with Crippen LogP contribution in [0.15, 0.2) is 42.5 Å². The summed E-state index contributed by atoms with van der Waals surface area (Å²) in [7, 11) is -3.30. The fraction of sp³-hybridized carbons (Fsp3) is 0.381. The fourth-order valence-corrected chi connectivity index (χ4v) is 4.97. The van der Waals surface area contributed by atoms with Crippen LogP contribution >= 0.6 is 0 Å². The maximum absolute atomic E-state index is 12.5. The van der Waals surface area contributed by atoms with Crippen LogP contribution in [0.2, 0.25) is 0 Å². The van der Waals surface area contributed by atoms with Crippen molar-refractivity contribution >= 4 is 27.3 Å². The Morgan fingerprint density at radius 2 is 2.04 bits per heavy atom. The van der Waals surface area contributed by atoms with E-state index in [0.29, 0.717) is 30.1 Å². The van der Waals surface area contributed by atoms with E-state index in [2.05, 4.69) is 5.32 Å². The van der Waals surface area contributed by atoms with Gasteiger partial charge in [-0.1, -0.05) is 19.1 Å². The molecule has 0 aromatic heterocycles. The number of anilines is 2. The van der Waals surface area contributed by atoms with Gasteiger partial charge in [0.1, 0.15) is 5.75 Å². The zero-order valence-corrected chi connectivity index (χ0v) is 17.1. The predicted octanol–water partition coefficient (Wildman–Crippen LogP) is 3.50. The number of aryl methyl sites for hydroxylation is 2. The Hall–Kier alpha value is -2.54. The predicted molar refractivity (Wildman–Crippen MR) is 111 cm³/mol. The van der Waals surface area contributed by atoms with Gasteiger partial charge in [0, 0.05) is 12.2 Å². The third-order valence-corrected chi connectivity index (χ3v) is 6.57. The zero-order chi connectivity index (χ0) is 20.1. The van der Waals surface area contributed by atoms with Gasteiger partial charge in [-0.05, 0) is 67.6 Å². The monoisotopic (exact) mass is 402 g/mol. The number of amides is 1. The largest absolute Gasteiger partial charge is 0.484 e. The van der Waals surface area contributed by atoms with Crippen LogP contribution in [-0.2, 0) is 21.2 Å². The average Bonchev–Trinajstić information content (AvgIpc) is 2.66. The molecule has 0 spiro atoms. The molecule has 7 heteroatoms. The Balaban J connectivity index is 1.67. The summed E-state index contributed by atoms with van der Waals surface area (Å²) in [6.45, 7) is 4.24. The highest BCUT2D eigenvalue weighted by Crippen LogP contribution is 2.32. The van der Waals surface area contributed by atoms with Crippen LogP contribution in [0.3, 0.4) is 0 Å². The summed E-state index contributed by atoms with van der Waals surface area (Å²) in [6, 6.07) is 12.9. The molecule has 1 aliphatic rings. The molecule has 2 aromatic rings. The summed E-state index contributed by atoms with van der Waals surface area (Å²) < 4.78 is 32.0. The van der Waals surface area contributed by atoms with Gasteiger partial charge in [0.2, 0.25) is 10.0 Å². The fourth-order valence-electron chi connectivity index (χ4n) is 3.35. The Morgan fingerprint density at radius 1 is 1.21 bits per heavy atom. The lowest BCUT2D eigenvalue weighted by molar-refractivity contribution is -0.118. The standard InChI is InChI=1S/C21H26N2O4S/c1-3-12-28(25,26)23-11-5-7-17-14-18(9-10-20(17)23)22-21(24)15-27-19-8-4-6-16(2)13-19/h4,6,8-10,13-14H,3,5,7,11-12,15H2,1-2H3,(H,22,24). The normalized spacial score (nSPS) is 13.7. The van der Waals surface area contributed by atoms with Crippen molar-refractivity contribution in [3.05, 3.63) is 53.6 Å². The van der Waals surface area contributed by atoms with Crippen LogP contribution in [0.4, 0.5) is 11.4 Å². The number of nitrogens with zero attached hydrogens (tertiary/aromatic N) is 1. The number of hydrogen-bond donors (Lipinski definition) is 1. The molecule has 1 aliphatic heterocycles. The molecular formula is C21H26N2O4S. The smallest absolute Gasteiger partial charge is 0.262 e. The van der Waals surface area contributed by atoms with Crippen LogP contribution in [0.25, 0.3) is 0 Å². The van der Waals surface area contributed by atoms with Gasteiger partial charge in [-0.2, -0.15) is 0 Å². The molecule has 0 fully saturated rings. The van der Waals surface area contributed by atoms with E-state index in [9.17, 15) is 13.2 Å². The van der Waals surface area contributed by atoms with Gasteiger partial charge < -0.3 is 10.1 Å². The molecule has 0 saturated carbocycles. The summed E-state index contributed by atoms with van der Waals surface area (Å²) in [5.74, 6) is 0.534. The maximum atomic E-state index is 12.5. The van der Waals surface area contributed by atoms with Crippen LogP contribution in [0.5, 0.6) is 5.75 Å². The number of carbonyl (C=O) groups is 1. The minimum Gasteiger partial charge on any atom is -0.484 e. The minimum atomic E-state index is -3.30. The van der Waals surface area contributed by atoms with Crippen LogP contribution in [0.1, 0.15) is 30.9 Å². The second kappa shape index (κ2) is 8.65. The molecule has 3 rings (SSSR count). The van der Waals surface area contributed by atoms with E-state index in [0.717, 1.165) is 24.0 Å². The van der Waals surface area contributed by atoms with Crippen molar-refractivity contribution in [2.45, 2.75) is 33.1 Å². The van der Waals surface area contributed by atoms with Gasteiger partial charge in [0.05, 0.1) is 11.4 Å². The van der Waals surface area contributed by atoms with Crippen LogP contribution in [0, 0.1) is 6.92 Å². The topological polar surface area (TPSA) is 75.7 Å². The first-order valence-electron chi connectivity index (χ1n) is 9.51. The van der Waals surface area contributed by atoms with E-state index < -0.39 is 10.0 Å². The summed E-state index contributed by atoms with van der Waals surface area (Å²) in [5, 5.41) is 2.82. The van der Waals surface area contributed by atoms with Crippen molar-refractivity contribution in [3.63, 3.8) is 0 Å². The molecule has 150 valence electrons. The molecule has 1 N–H and O–H groups in total. The second-order valence-electron chi connectivity index (χ2n) is 6.99. The highest BCUT2D eigenvalue weighted by atomic mass is 32.2. The molecule has 0 unspecified atom stereocenters. The first kappa shape index (κ1) is 20.2. The number of nitrogens with one attached hydrogen (secondary N) is 1. The first-order valence-corrected chi connectivity index (χ1v) is 11.1. The number of hydrogen-bond acceptors (Lipinski definition) is 4. The number of rotatable bonds is 7. The van der Waals surface area contributed by atoms with E-state index in [4.69, 9.17) is 4.74 Å². The summed E-state index contributed by atoms with van der Waals surface area (Å²) in [5.41, 5.74) is 3.36. The molecule has 0 saturated heterocycles. The third-order valence-electron chi connectivity index (χ3n) is 4.60. The lowest BCUT2D eigenvalue weighted by Gasteiger charge is -2.30. The first-order chi connectivity index (χ1) is 13.4. The summed E-state index contributed by atoms with van der Waals surface area (Å²) in [4.78, 5) is 12.2. The lowest BCUT2D eigenvalue weighted by atomic mass is 10.0. The van der Waals surface area contributed by atoms with Gasteiger partial charge in [0.15, 0.2) is 6.61 Å². The number of carbonyl (C=O) groups excluding carboxylic acids is 1. The Kier molecular flexibility index (Phi) is 6.24. The van der Waals surface area contributed by atoms with Crippen molar-refractivity contribution in [2.24, 2.45) is 0 Å². The Morgan fingerprint density at radius 3 is 2.79 bits per heavy atom. The third kappa shape index (κ3) is 4.84. The Bertz CT molecular complexity index is 957. The number of benzene rings is 2. The summed E-state index contributed by atoms with van der Waals surface area (Å²) in [6.07, 6.45) is 2.14. The Labute approximate surface area is 166 Å². The molecule has 0 radical (unpaired) electrons. The average molecular weight is 403 g/mol. The molecule has 28 heavy (non-hydrogen) atoms. The SMILES string of the molecule is CCCS(=O)(=O)N1CCCc2cc(NC(=O)COc3cccc(C)c3)ccc21. The molecule has 2 aromatic carbocycles. The van der Waals surface area contributed by atoms with E-state index in [1.807, 2.05) is 44.2 Å². The zero-order valence-electron chi connectivity index (χ0n) is 16.3. The molecular weight excluding hydrogens is 376 g/mol. The van der Waals surface area contributed by atoms with Crippen molar-refractivity contribution in [3.8, 4) is 5.75 Å². The number of sulfonamides is 1. The number of fused-ring (bicyclic) bond motifs is 1. The van der Waals surface area contributed by atoms with Gasteiger partial charge in [-0.15, -0.1) is 0 Å². The van der Waals surface area contributed by atoms with Gasteiger partial charge in [0.25, 0.3) is 5.91 Å². The maximum Gasteiger partial charge on any atom is 0.262 e. The minimum absolute atomic E-state index is 0.0858. The number of ether oxygens (including phenoxy) is 1. The second-order valence-corrected chi connectivity index (χ2v) is 9.00.